The standard InChI is InChI=1S/C31H39F3N2O4/c1-2-3-4-5-6-7-8-24-9-13-27(14-10-24)30(39)35-19-17-26(18-20-35)22-36(40-29(38)23-37)21-25-11-15-28(16-12-25)31(32,33)34/h9-16,23,26H,2-8,17-22H2,1H3. The van der Waals surface area contributed by atoms with Gasteiger partial charge in [-0.1, -0.05) is 63.3 Å². The van der Waals surface area contributed by atoms with E-state index in [1.807, 2.05) is 29.2 Å². The topological polar surface area (TPSA) is 66.9 Å². The maximum absolute atomic E-state index is 13.1. The third-order valence-electron chi connectivity index (χ3n) is 7.34. The summed E-state index contributed by atoms with van der Waals surface area (Å²) in [6, 6.07) is 12.5. The molecule has 1 aliphatic rings. The van der Waals surface area contributed by atoms with E-state index >= 15 is 0 Å². The van der Waals surface area contributed by atoms with Gasteiger partial charge in [0.2, 0.25) is 6.29 Å². The molecule has 218 valence electrons. The number of unbranched alkanes of at least 4 members (excludes halogenated alkanes) is 5. The van der Waals surface area contributed by atoms with Crippen LogP contribution in [0.4, 0.5) is 13.2 Å². The number of carbonyl (C=O) groups is 3. The van der Waals surface area contributed by atoms with Crippen molar-refractivity contribution in [1.29, 1.82) is 0 Å². The minimum Gasteiger partial charge on any atom is -0.362 e. The van der Waals surface area contributed by atoms with Crippen LogP contribution in [0.15, 0.2) is 48.5 Å². The minimum atomic E-state index is -4.44. The van der Waals surface area contributed by atoms with Gasteiger partial charge in [-0.25, -0.2) is 4.79 Å². The first-order valence-electron chi connectivity index (χ1n) is 14.2. The Hall–Kier alpha value is -3.20. The highest BCUT2D eigenvalue weighted by Crippen LogP contribution is 2.29. The summed E-state index contributed by atoms with van der Waals surface area (Å²) in [5.41, 5.74) is 1.65. The zero-order chi connectivity index (χ0) is 29.0. The number of aldehydes is 1. The van der Waals surface area contributed by atoms with Gasteiger partial charge in [0.1, 0.15) is 0 Å². The van der Waals surface area contributed by atoms with E-state index in [0.717, 1.165) is 25.0 Å². The molecule has 0 saturated carbocycles. The van der Waals surface area contributed by atoms with Crippen molar-refractivity contribution in [2.45, 2.75) is 77.4 Å². The van der Waals surface area contributed by atoms with E-state index in [1.165, 1.54) is 54.9 Å². The molecule has 0 unspecified atom stereocenters. The van der Waals surface area contributed by atoms with Crippen LogP contribution < -0.4 is 0 Å². The van der Waals surface area contributed by atoms with Crippen LogP contribution in [0.2, 0.25) is 0 Å². The summed E-state index contributed by atoms with van der Waals surface area (Å²) in [5.74, 6) is -1.00. The van der Waals surface area contributed by atoms with E-state index in [-0.39, 0.29) is 24.7 Å². The molecule has 1 saturated heterocycles. The summed E-state index contributed by atoms with van der Waals surface area (Å²) in [6.07, 6.45) is 5.46. The highest BCUT2D eigenvalue weighted by molar-refractivity contribution is 6.20. The maximum Gasteiger partial charge on any atom is 0.416 e. The molecule has 1 fully saturated rings. The maximum atomic E-state index is 13.1. The molecule has 40 heavy (non-hydrogen) atoms. The Labute approximate surface area is 234 Å². The normalized spacial score (nSPS) is 14.4. The fraction of sp³-hybridized carbons (Fsp3) is 0.516. The number of aryl methyl sites for hydroxylation is 1. The van der Waals surface area contributed by atoms with Gasteiger partial charge in [0.05, 0.1) is 12.1 Å². The molecule has 1 aliphatic heterocycles. The Morgan fingerprint density at radius 3 is 2.12 bits per heavy atom. The monoisotopic (exact) mass is 560 g/mol. The summed E-state index contributed by atoms with van der Waals surface area (Å²) >= 11 is 0. The molecule has 3 rings (SSSR count). The van der Waals surface area contributed by atoms with Gasteiger partial charge in [-0.05, 0) is 67.0 Å². The number of rotatable bonds is 14. The van der Waals surface area contributed by atoms with Crippen molar-refractivity contribution in [3.05, 3.63) is 70.8 Å². The van der Waals surface area contributed by atoms with E-state index in [0.29, 0.717) is 43.6 Å². The van der Waals surface area contributed by atoms with Crippen LogP contribution in [0.3, 0.4) is 0 Å². The molecular weight excluding hydrogens is 521 g/mol. The molecule has 6 nitrogen and oxygen atoms in total. The van der Waals surface area contributed by atoms with Gasteiger partial charge in [0.15, 0.2) is 0 Å². The smallest absolute Gasteiger partial charge is 0.362 e. The number of carbonyl (C=O) groups excluding carboxylic acids is 3. The van der Waals surface area contributed by atoms with Crippen molar-refractivity contribution in [2.75, 3.05) is 19.6 Å². The van der Waals surface area contributed by atoms with Crippen LogP contribution in [0.5, 0.6) is 0 Å². The molecule has 9 heteroatoms. The zero-order valence-corrected chi connectivity index (χ0v) is 23.1. The molecule has 0 bridgehead atoms. The fourth-order valence-corrected chi connectivity index (χ4v) is 5.00. The average Bonchev–Trinajstić information content (AvgIpc) is 2.95. The number of nitrogens with zero attached hydrogens (tertiary/aromatic N) is 2. The molecule has 2 aromatic rings. The van der Waals surface area contributed by atoms with Crippen molar-refractivity contribution in [3.8, 4) is 0 Å². The molecule has 0 N–H and O–H groups in total. The number of halogens is 3. The lowest BCUT2D eigenvalue weighted by Gasteiger charge is -2.34. The van der Waals surface area contributed by atoms with Gasteiger partial charge < -0.3 is 9.74 Å². The van der Waals surface area contributed by atoms with E-state index in [4.69, 9.17) is 4.84 Å². The van der Waals surface area contributed by atoms with Gasteiger partial charge in [-0.3, -0.25) is 9.59 Å². The number of alkyl halides is 3. The van der Waals surface area contributed by atoms with Crippen molar-refractivity contribution in [2.24, 2.45) is 5.92 Å². The second kappa shape index (κ2) is 15.6. The number of hydroxylamine groups is 2. The molecule has 0 spiro atoms. The first-order valence-corrected chi connectivity index (χ1v) is 14.2. The van der Waals surface area contributed by atoms with Crippen LogP contribution in [0.1, 0.15) is 85.3 Å². The number of piperidine rings is 1. The third-order valence-corrected chi connectivity index (χ3v) is 7.34. The van der Waals surface area contributed by atoms with Crippen molar-refractivity contribution in [3.63, 3.8) is 0 Å². The van der Waals surface area contributed by atoms with Crippen molar-refractivity contribution >= 4 is 18.2 Å². The highest BCUT2D eigenvalue weighted by Gasteiger charge is 2.30. The van der Waals surface area contributed by atoms with Crippen LogP contribution in [-0.2, 0) is 33.6 Å². The molecule has 2 aromatic carbocycles. The SMILES string of the molecule is CCCCCCCCc1ccc(C(=O)N2CCC(CN(Cc3ccc(C(F)(F)F)cc3)OC(=O)C=O)CC2)cc1. The lowest BCUT2D eigenvalue weighted by Crippen LogP contribution is -2.42. The first kappa shape index (κ1) is 31.3. The predicted octanol–water partition coefficient (Wildman–Crippen LogP) is 6.62. The molecule has 1 amide bonds. The third kappa shape index (κ3) is 10.1. The lowest BCUT2D eigenvalue weighted by molar-refractivity contribution is -0.195. The lowest BCUT2D eigenvalue weighted by atomic mass is 9.95. The number of hydrogen-bond acceptors (Lipinski definition) is 5. The largest absolute Gasteiger partial charge is 0.416 e. The predicted molar refractivity (Wildman–Crippen MR) is 146 cm³/mol. The molecule has 0 aliphatic carbocycles. The number of hydrogen-bond donors (Lipinski definition) is 0. The number of benzene rings is 2. The van der Waals surface area contributed by atoms with Gasteiger partial charge in [0.25, 0.3) is 5.91 Å². The second-order valence-electron chi connectivity index (χ2n) is 10.5. The van der Waals surface area contributed by atoms with Gasteiger partial charge in [-0.15, -0.1) is 5.06 Å². The van der Waals surface area contributed by atoms with Gasteiger partial charge in [0, 0.05) is 25.2 Å². The Bertz CT molecular complexity index is 1080. The first-order chi connectivity index (χ1) is 19.2. The number of amides is 1. The quantitative estimate of drug-likeness (QED) is 0.112. The molecule has 0 radical (unpaired) electrons. The Morgan fingerprint density at radius 2 is 1.52 bits per heavy atom. The summed E-state index contributed by atoms with van der Waals surface area (Å²) in [7, 11) is 0. The van der Waals surface area contributed by atoms with Crippen LogP contribution in [0, 0.1) is 5.92 Å². The summed E-state index contributed by atoms with van der Waals surface area (Å²) < 4.78 is 38.6. The van der Waals surface area contributed by atoms with Crippen molar-refractivity contribution in [1.82, 2.24) is 9.96 Å². The van der Waals surface area contributed by atoms with E-state index < -0.39 is 17.7 Å². The Kier molecular flexibility index (Phi) is 12.2. The second-order valence-corrected chi connectivity index (χ2v) is 10.5. The minimum absolute atomic E-state index is 0.0152. The molecular formula is C31H39F3N2O4. The van der Waals surface area contributed by atoms with E-state index in [2.05, 4.69) is 6.92 Å². The number of likely N-dealkylation sites (tertiary alicyclic amines) is 1. The molecule has 0 aromatic heterocycles. The summed E-state index contributed by atoms with van der Waals surface area (Å²) in [6.45, 7) is 3.64. The van der Waals surface area contributed by atoms with Crippen LogP contribution >= 0.6 is 0 Å². The van der Waals surface area contributed by atoms with E-state index in [1.54, 1.807) is 0 Å². The summed E-state index contributed by atoms with van der Waals surface area (Å²) in [4.78, 5) is 42.5. The molecule has 0 atom stereocenters. The van der Waals surface area contributed by atoms with Crippen LogP contribution in [-0.4, -0.2) is 47.8 Å². The molecule has 1 heterocycles. The van der Waals surface area contributed by atoms with Gasteiger partial charge in [-0.2, -0.15) is 13.2 Å². The zero-order valence-electron chi connectivity index (χ0n) is 23.1. The Morgan fingerprint density at radius 1 is 0.925 bits per heavy atom. The van der Waals surface area contributed by atoms with E-state index in [9.17, 15) is 27.6 Å². The summed E-state index contributed by atoms with van der Waals surface area (Å²) in [5, 5.41) is 1.31. The van der Waals surface area contributed by atoms with Gasteiger partial charge >= 0.3 is 12.1 Å². The fourth-order valence-electron chi connectivity index (χ4n) is 5.00. The highest BCUT2D eigenvalue weighted by atomic mass is 19.4. The Balaban J connectivity index is 1.48. The average molecular weight is 561 g/mol. The van der Waals surface area contributed by atoms with Crippen molar-refractivity contribution < 1.29 is 32.4 Å². The van der Waals surface area contributed by atoms with Crippen LogP contribution in [0.25, 0.3) is 0 Å².